The average molecular weight is 917 g/mol. The molecule has 3 aliphatic rings. The van der Waals surface area contributed by atoms with Crippen molar-refractivity contribution >= 4 is 53.7 Å². The standard InChI is InChI=1S/C53H50ClN5O6Si/c1-34-50(66(3,4)40-25-23-39(63-2)24-26-40)49(28-29-57-32-44(55-56-57)42(33-60)36-12-6-5-7-13-36)65-53(34)43-30-37(54)20-27-45(43)58(52(53)62)31-35-18-21-38(22-19-35)59-46-15-9-11-17-48(46)64-47-16-10-8-14-41(47)51(59)61/h5-27,30,32,34,42,49-50,60H,28-29,31,33H2,1-4H3/t34-,42?,49+,50-,53+/m1/s1. The molecule has 0 radical (unpaired) electrons. The highest BCUT2D eigenvalue weighted by Gasteiger charge is 2.66. The molecule has 1 unspecified atom stereocenters. The van der Waals surface area contributed by atoms with Gasteiger partial charge in [-0.15, -0.1) is 5.10 Å². The van der Waals surface area contributed by atoms with Crippen LogP contribution in [0.1, 0.15) is 52.0 Å². The molecule has 1 N–H and O–H groups in total. The van der Waals surface area contributed by atoms with E-state index in [0.717, 1.165) is 28.1 Å². The van der Waals surface area contributed by atoms with Crippen LogP contribution < -0.4 is 24.5 Å². The lowest BCUT2D eigenvalue weighted by atomic mass is 9.82. The van der Waals surface area contributed by atoms with Crippen LogP contribution >= 0.6 is 11.6 Å². The number of aromatic nitrogens is 3. The second-order valence-corrected chi connectivity index (χ2v) is 23.0. The molecule has 334 valence electrons. The quantitative estimate of drug-likeness (QED) is 0.120. The first-order valence-electron chi connectivity index (χ1n) is 22.3. The predicted octanol–water partition coefficient (Wildman–Crippen LogP) is 10.0. The van der Waals surface area contributed by atoms with E-state index in [9.17, 15) is 9.90 Å². The Hall–Kier alpha value is -6.57. The van der Waals surface area contributed by atoms with Crippen LogP contribution in [0.15, 0.2) is 152 Å². The number of aliphatic hydroxyl groups is 1. The number of rotatable bonds is 12. The van der Waals surface area contributed by atoms with Gasteiger partial charge >= 0.3 is 0 Å². The molecule has 6 aromatic carbocycles. The Morgan fingerprint density at radius 3 is 2.30 bits per heavy atom. The number of methoxy groups -OCH3 is 1. The fourth-order valence-electron chi connectivity index (χ4n) is 10.6. The van der Waals surface area contributed by atoms with Crippen molar-refractivity contribution in [2.45, 2.75) is 62.7 Å². The zero-order valence-electron chi connectivity index (χ0n) is 37.2. The maximum atomic E-state index is 15.6. The lowest BCUT2D eigenvalue weighted by molar-refractivity contribution is -0.146. The van der Waals surface area contributed by atoms with Crippen molar-refractivity contribution in [2.24, 2.45) is 5.92 Å². The average Bonchev–Trinajstić information content (AvgIpc) is 3.97. The van der Waals surface area contributed by atoms with E-state index < -0.39 is 13.7 Å². The molecule has 13 heteroatoms. The molecule has 2 amide bonds. The summed E-state index contributed by atoms with van der Waals surface area (Å²) >= 11 is 6.82. The highest BCUT2D eigenvalue weighted by Crippen LogP contribution is 2.60. The SMILES string of the molecule is COc1ccc([Si](C)(C)[C@H]2[C@H](CCn3cc(C(CO)c4ccccc4)nn3)O[C@@]3(C(=O)N(Cc4ccc(N5C(=O)c6ccccc6Oc6ccccc65)cc4)c4ccc(Cl)cc43)[C@@H]2C)cc1. The van der Waals surface area contributed by atoms with Gasteiger partial charge in [0.05, 0.1) is 63.0 Å². The highest BCUT2D eigenvalue weighted by molar-refractivity contribution is 6.91. The van der Waals surface area contributed by atoms with Crippen molar-refractivity contribution in [1.29, 1.82) is 0 Å². The molecular weight excluding hydrogens is 866 g/mol. The Labute approximate surface area is 390 Å². The van der Waals surface area contributed by atoms with Crippen molar-refractivity contribution < 1.29 is 28.9 Å². The van der Waals surface area contributed by atoms with Gasteiger partial charge in [-0.25, -0.2) is 0 Å². The summed E-state index contributed by atoms with van der Waals surface area (Å²) < 4.78 is 21.0. The van der Waals surface area contributed by atoms with E-state index in [-0.39, 0.29) is 48.4 Å². The van der Waals surface area contributed by atoms with Crippen molar-refractivity contribution in [1.82, 2.24) is 15.0 Å². The van der Waals surface area contributed by atoms with Crippen LogP contribution in [0.3, 0.4) is 0 Å². The summed E-state index contributed by atoms with van der Waals surface area (Å²) in [6, 6.07) is 46.3. The van der Waals surface area contributed by atoms with Gasteiger partial charge in [0.1, 0.15) is 11.5 Å². The van der Waals surface area contributed by atoms with E-state index in [1.165, 1.54) is 5.19 Å². The van der Waals surface area contributed by atoms with E-state index >= 15 is 4.79 Å². The minimum atomic E-state index is -2.45. The molecule has 0 saturated carbocycles. The fourth-order valence-corrected chi connectivity index (χ4v) is 14.8. The first-order valence-corrected chi connectivity index (χ1v) is 25.8. The molecule has 11 nitrogen and oxygen atoms in total. The fraction of sp³-hybridized carbons (Fsp3) is 0.245. The Bertz CT molecular complexity index is 2930. The molecule has 4 heterocycles. The first kappa shape index (κ1) is 43.3. The summed E-state index contributed by atoms with van der Waals surface area (Å²) in [5.74, 6) is 0.977. The molecule has 1 fully saturated rings. The van der Waals surface area contributed by atoms with Gasteiger partial charge in [-0.3, -0.25) is 19.2 Å². The molecule has 7 aromatic rings. The van der Waals surface area contributed by atoms with Gasteiger partial charge in [-0.1, -0.05) is 121 Å². The Morgan fingerprint density at radius 1 is 0.848 bits per heavy atom. The Balaban J connectivity index is 0.976. The van der Waals surface area contributed by atoms with Crippen LogP contribution in [0.2, 0.25) is 23.7 Å². The Morgan fingerprint density at radius 2 is 1.56 bits per heavy atom. The number of carbonyl (C=O) groups excluding carboxylic acids is 2. The molecule has 0 bridgehead atoms. The zero-order valence-corrected chi connectivity index (χ0v) is 38.9. The third-order valence-corrected chi connectivity index (χ3v) is 18.5. The predicted molar refractivity (Wildman–Crippen MR) is 258 cm³/mol. The summed E-state index contributed by atoms with van der Waals surface area (Å²) in [6.07, 6.45) is 2.14. The van der Waals surface area contributed by atoms with Gasteiger partial charge in [-0.05, 0) is 89.8 Å². The van der Waals surface area contributed by atoms with Crippen LogP contribution in [0.5, 0.6) is 17.2 Å². The first-order chi connectivity index (χ1) is 32.0. The number of hydrogen-bond donors (Lipinski definition) is 1. The number of aliphatic hydroxyl groups excluding tert-OH is 1. The van der Waals surface area contributed by atoms with E-state index in [1.807, 2.05) is 137 Å². The molecule has 1 spiro atoms. The smallest absolute Gasteiger partial charge is 0.266 e. The maximum Gasteiger partial charge on any atom is 0.266 e. The van der Waals surface area contributed by atoms with Gasteiger partial charge in [0, 0.05) is 34.9 Å². The topological polar surface area (TPSA) is 119 Å². The number of aryl methyl sites for hydroxylation is 1. The van der Waals surface area contributed by atoms with Crippen molar-refractivity contribution in [2.75, 3.05) is 23.5 Å². The second kappa shape index (κ2) is 17.3. The number of amides is 2. The third kappa shape index (κ3) is 7.38. The van der Waals surface area contributed by atoms with Crippen LogP contribution in [0.25, 0.3) is 0 Å². The number of nitrogens with zero attached hydrogens (tertiary/aromatic N) is 5. The molecule has 3 aliphatic heterocycles. The normalized spacial score (nSPS) is 20.4. The van der Waals surface area contributed by atoms with E-state index in [4.69, 9.17) is 25.8 Å². The summed E-state index contributed by atoms with van der Waals surface area (Å²) in [5.41, 5.74) is 4.49. The number of ether oxygens (including phenoxy) is 3. The van der Waals surface area contributed by atoms with E-state index in [2.05, 4.69) is 42.5 Å². The molecule has 1 aromatic heterocycles. The van der Waals surface area contributed by atoms with Gasteiger partial charge in [-0.2, -0.15) is 0 Å². The number of carbonyl (C=O) groups is 2. The van der Waals surface area contributed by atoms with Crippen LogP contribution in [-0.4, -0.2) is 59.8 Å². The van der Waals surface area contributed by atoms with Gasteiger partial charge in [0.25, 0.3) is 11.8 Å². The van der Waals surface area contributed by atoms with Gasteiger partial charge < -0.3 is 24.2 Å². The van der Waals surface area contributed by atoms with E-state index in [0.29, 0.717) is 52.1 Å². The van der Waals surface area contributed by atoms with Gasteiger partial charge in [0.15, 0.2) is 11.4 Å². The minimum Gasteiger partial charge on any atom is -0.497 e. The second-order valence-electron chi connectivity index (χ2n) is 17.9. The number of halogens is 1. The maximum absolute atomic E-state index is 15.6. The van der Waals surface area contributed by atoms with Crippen LogP contribution in [0, 0.1) is 5.92 Å². The van der Waals surface area contributed by atoms with Crippen molar-refractivity contribution in [3.05, 3.63) is 185 Å². The summed E-state index contributed by atoms with van der Waals surface area (Å²) in [5, 5.41) is 21.1. The van der Waals surface area contributed by atoms with Gasteiger partial charge in [0.2, 0.25) is 0 Å². The molecule has 0 aliphatic carbocycles. The monoisotopic (exact) mass is 915 g/mol. The Kier molecular flexibility index (Phi) is 11.4. The summed E-state index contributed by atoms with van der Waals surface area (Å²) in [4.78, 5) is 33.2. The molecule has 1 saturated heterocycles. The van der Waals surface area contributed by atoms with Crippen LogP contribution in [-0.2, 0) is 28.2 Å². The lowest BCUT2D eigenvalue weighted by Crippen LogP contribution is -2.51. The number of benzene rings is 6. The molecule has 66 heavy (non-hydrogen) atoms. The summed E-state index contributed by atoms with van der Waals surface area (Å²) in [6.45, 7) is 7.55. The van der Waals surface area contributed by atoms with Crippen molar-refractivity contribution in [3.63, 3.8) is 0 Å². The third-order valence-electron chi connectivity index (χ3n) is 13.9. The number of hydrogen-bond acceptors (Lipinski definition) is 8. The number of anilines is 3. The number of para-hydroxylation sites is 3. The largest absolute Gasteiger partial charge is 0.497 e. The van der Waals surface area contributed by atoms with Crippen molar-refractivity contribution in [3.8, 4) is 17.2 Å². The highest BCUT2D eigenvalue weighted by atomic mass is 35.5. The van der Waals surface area contributed by atoms with Crippen LogP contribution in [0.4, 0.5) is 17.1 Å². The molecule has 5 atom stereocenters. The number of fused-ring (bicyclic) bond motifs is 4. The van der Waals surface area contributed by atoms with E-state index in [1.54, 1.807) is 24.1 Å². The molecule has 10 rings (SSSR count). The zero-order chi connectivity index (χ0) is 45.7. The minimum absolute atomic E-state index is 0.0124. The lowest BCUT2D eigenvalue weighted by Gasteiger charge is -2.37. The summed E-state index contributed by atoms with van der Waals surface area (Å²) in [7, 11) is -0.778. The molecular formula is C53H50ClN5O6Si.